The number of anilines is 1. The first-order chi connectivity index (χ1) is 8.58. The third kappa shape index (κ3) is 3.45. The van der Waals surface area contributed by atoms with Gasteiger partial charge in [0.25, 0.3) is 5.69 Å². The Morgan fingerprint density at radius 3 is 2.89 bits per heavy atom. The van der Waals surface area contributed by atoms with E-state index in [0.29, 0.717) is 5.69 Å². The third-order valence-corrected chi connectivity index (χ3v) is 2.06. The second-order valence-corrected chi connectivity index (χ2v) is 3.26. The maximum atomic E-state index is 11.1. The Balaban J connectivity index is 2.80. The molecule has 1 rings (SSSR count). The van der Waals surface area contributed by atoms with E-state index in [1.165, 1.54) is 18.2 Å². The molecule has 7 nitrogen and oxygen atoms in total. The molecule has 0 amide bonds. The number of hydrogen-bond donors (Lipinski definition) is 1. The number of hydrogen-bond acceptors (Lipinski definition) is 6. The first kappa shape index (κ1) is 13.4. The number of ether oxygens (including phenoxy) is 1. The topological polar surface area (TPSA) is 105 Å². The van der Waals surface area contributed by atoms with E-state index in [9.17, 15) is 14.9 Å². The summed E-state index contributed by atoms with van der Waals surface area (Å²) >= 11 is 0. The molecule has 0 unspecified atom stereocenters. The van der Waals surface area contributed by atoms with Gasteiger partial charge < -0.3 is 10.1 Å². The summed E-state index contributed by atoms with van der Waals surface area (Å²) in [4.78, 5) is 21.2. The summed E-state index contributed by atoms with van der Waals surface area (Å²) < 4.78 is 4.70. The van der Waals surface area contributed by atoms with Crippen LogP contribution in [0.1, 0.15) is 12.5 Å². The summed E-state index contributed by atoms with van der Waals surface area (Å²) in [5, 5.41) is 22.1. The second kappa shape index (κ2) is 6.20. The molecule has 0 spiro atoms. The number of carbonyl (C=O) groups is 1. The fourth-order valence-electron chi connectivity index (χ4n) is 1.27. The van der Waals surface area contributed by atoms with Crippen molar-refractivity contribution in [3.05, 3.63) is 33.9 Å². The van der Waals surface area contributed by atoms with E-state index >= 15 is 0 Å². The molecule has 18 heavy (non-hydrogen) atoms. The van der Waals surface area contributed by atoms with Crippen LogP contribution in [0, 0.1) is 21.4 Å². The van der Waals surface area contributed by atoms with Crippen molar-refractivity contribution in [3.63, 3.8) is 0 Å². The average molecular weight is 249 g/mol. The van der Waals surface area contributed by atoms with Gasteiger partial charge in [-0.1, -0.05) is 0 Å². The van der Waals surface area contributed by atoms with Crippen LogP contribution in [-0.4, -0.2) is 24.0 Å². The van der Waals surface area contributed by atoms with Crippen LogP contribution in [0.4, 0.5) is 11.4 Å². The van der Waals surface area contributed by atoms with Gasteiger partial charge in [0.2, 0.25) is 0 Å². The molecule has 1 N–H and O–H groups in total. The van der Waals surface area contributed by atoms with Crippen molar-refractivity contribution >= 4 is 17.3 Å². The molecule has 0 fully saturated rings. The largest absolute Gasteiger partial charge is 0.465 e. The zero-order valence-corrected chi connectivity index (χ0v) is 9.67. The van der Waals surface area contributed by atoms with Gasteiger partial charge in [-0.3, -0.25) is 14.9 Å². The van der Waals surface area contributed by atoms with Gasteiger partial charge in [-0.05, 0) is 19.1 Å². The van der Waals surface area contributed by atoms with Crippen molar-refractivity contribution in [3.8, 4) is 6.07 Å². The predicted octanol–water partition coefficient (Wildman–Crippen LogP) is 1.44. The van der Waals surface area contributed by atoms with Gasteiger partial charge in [-0.25, -0.2) is 0 Å². The zero-order chi connectivity index (χ0) is 13.5. The van der Waals surface area contributed by atoms with E-state index in [-0.39, 0.29) is 24.4 Å². The summed E-state index contributed by atoms with van der Waals surface area (Å²) in [6.07, 6.45) is 0. The van der Waals surface area contributed by atoms with E-state index in [4.69, 9.17) is 10.00 Å². The molecule has 0 bridgehead atoms. The number of rotatable bonds is 5. The Hall–Kier alpha value is -2.62. The van der Waals surface area contributed by atoms with Crippen LogP contribution in [0.5, 0.6) is 0 Å². The van der Waals surface area contributed by atoms with Crippen LogP contribution in [0.25, 0.3) is 0 Å². The van der Waals surface area contributed by atoms with Gasteiger partial charge in [0, 0.05) is 11.8 Å². The van der Waals surface area contributed by atoms with Crippen molar-refractivity contribution in [2.75, 3.05) is 18.5 Å². The van der Waals surface area contributed by atoms with Gasteiger partial charge >= 0.3 is 5.97 Å². The molecule has 0 aliphatic heterocycles. The minimum Gasteiger partial charge on any atom is -0.465 e. The molecule has 1 aromatic rings. The summed E-state index contributed by atoms with van der Waals surface area (Å²) in [6.45, 7) is 1.87. The number of nitrogens with one attached hydrogen (secondary N) is 1. The highest BCUT2D eigenvalue weighted by Gasteiger charge is 2.14. The molecule has 7 heteroatoms. The van der Waals surface area contributed by atoms with E-state index in [2.05, 4.69) is 5.32 Å². The van der Waals surface area contributed by atoms with Crippen LogP contribution in [-0.2, 0) is 9.53 Å². The number of nitro benzene ring substituents is 1. The van der Waals surface area contributed by atoms with Crippen LogP contribution in [0.3, 0.4) is 0 Å². The smallest absolute Gasteiger partial charge is 0.325 e. The van der Waals surface area contributed by atoms with Gasteiger partial charge in [0.1, 0.15) is 18.2 Å². The Bertz CT molecular complexity index is 508. The molecule has 0 aliphatic rings. The van der Waals surface area contributed by atoms with Crippen molar-refractivity contribution < 1.29 is 14.5 Å². The monoisotopic (exact) mass is 249 g/mol. The van der Waals surface area contributed by atoms with Gasteiger partial charge in [0.05, 0.1) is 11.5 Å². The molecular formula is C11H11N3O4. The standard InChI is InChI=1S/C11H11N3O4/c1-2-18-11(15)7-13-9-4-3-8(6-12)10(5-9)14(16)17/h3-5,13H,2,7H2,1H3. The summed E-state index contributed by atoms with van der Waals surface area (Å²) in [6, 6.07) is 5.75. The van der Waals surface area contributed by atoms with E-state index in [0.717, 1.165) is 0 Å². The number of carbonyl (C=O) groups excluding carboxylic acids is 1. The maximum absolute atomic E-state index is 11.1. The molecule has 94 valence electrons. The minimum absolute atomic E-state index is 0.0262. The molecule has 0 saturated heterocycles. The lowest BCUT2D eigenvalue weighted by atomic mass is 10.2. The minimum atomic E-state index is -0.645. The highest BCUT2D eigenvalue weighted by Crippen LogP contribution is 2.22. The number of nitriles is 1. The quantitative estimate of drug-likeness (QED) is 0.481. The second-order valence-electron chi connectivity index (χ2n) is 3.26. The summed E-state index contributed by atoms with van der Waals surface area (Å²) in [5.74, 6) is -0.454. The molecule has 0 heterocycles. The molecule has 0 radical (unpaired) electrons. The van der Waals surface area contributed by atoms with Crippen molar-refractivity contribution in [1.82, 2.24) is 0 Å². The fourth-order valence-corrected chi connectivity index (χ4v) is 1.27. The Morgan fingerprint density at radius 1 is 1.61 bits per heavy atom. The van der Waals surface area contributed by atoms with Crippen LogP contribution < -0.4 is 5.32 Å². The SMILES string of the molecule is CCOC(=O)CNc1ccc(C#N)c([N+](=O)[O-])c1. The lowest BCUT2D eigenvalue weighted by molar-refractivity contribution is -0.385. The van der Waals surface area contributed by atoms with Gasteiger partial charge in [-0.2, -0.15) is 5.26 Å². The Labute approximate surface area is 103 Å². The maximum Gasteiger partial charge on any atom is 0.325 e. The Kier molecular flexibility index (Phi) is 4.63. The lowest BCUT2D eigenvalue weighted by Gasteiger charge is -2.06. The average Bonchev–Trinajstić information content (AvgIpc) is 2.36. The van der Waals surface area contributed by atoms with Crippen molar-refractivity contribution in [2.45, 2.75) is 6.92 Å². The summed E-state index contributed by atoms with van der Waals surface area (Å²) in [7, 11) is 0. The Morgan fingerprint density at radius 2 is 2.33 bits per heavy atom. The predicted molar refractivity (Wildman–Crippen MR) is 62.9 cm³/mol. The molecule has 0 saturated carbocycles. The molecule has 0 aliphatic carbocycles. The lowest BCUT2D eigenvalue weighted by Crippen LogP contribution is -2.16. The van der Waals surface area contributed by atoms with E-state index < -0.39 is 10.9 Å². The number of benzene rings is 1. The van der Waals surface area contributed by atoms with Gasteiger partial charge in [-0.15, -0.1) is 0 Å². The van der Waals surface area contributed by atoms with Crippen molar-refractivity contribution in [1.29, 1.82) is 5.26 Å². The number of nitrogens with zero attached hydrogens (tertiary/aromatic N) is 2. The summed E-state index contributed by atoms with van der Waals surface area (Å²) in [5.41, 5.74) is 0.0572. The van der Waals surface area contributed by atoms with E-state index in [1.807, 2.05) is 0 Å². The molecule has 1 aromatic carbocycles. The third-order valence-electron chi connectivity index (χ3n) is 2.06. The molecule has 0 aromatic heterocycles. The first-order valence-corrected chi connectivity index (χ1v) is 5.16. The number of nitro groups is 1. The fraction of sp³-hybridized carbons (Fsp3) is 0.273. The number of esters is 1. The van der Waals surface area contributed by atoms with Crippen molar-refractivity contribution in [2.24, 2.45) is 0 Å². The van der Waals surface area contributed by atoms with E-state index in [1.54, 1.807) is 13.0 Å². The molecule has 0 atom stereocenters. The molecular weight excluding hydrogens is 238 g/mol. The first-order valence-electron chi connectivity index (χ1n) is 5.16. The van der Waals surface area contributed by atoms with Crippen LogP contribution in [0.15, 0.2) is 18.2 Å². The highest BCUT2D eigenvalue weighted by atomic mass is 16.6. The van der Waals surface area contributed by atoms with Crippen LogP contribution in [0.2, 0.25) is 0 Å². The normalized spacial score (nSPS) is 9.33. The zero-order valence-electron chi connectivity index (χ0n) is 9.67. The highest BCUT2D eigenvalue weighted by molar-refractivity contribution is 5.75. The van der Waals surface area contributed by atoms with Crippen LogP contribution >= 0.6 is 0 Å². The van der Waals surface area contributed by atoms with Gasteiger partial charge in [0.15, 0.2) is 0 Å².